The average molecular weight is 216 g/mol. The van der Waals surface area contributed by atoms with Crippen LogP contribution in [-0.4, -0.2) is 14.2 Å². The van der Waals surface area contributed by atoms with Crippen LogP contribution in [0.2, 0.25) is 0 Å². The summed E-state index contributed by atoms with van der Waals surface area (Å²) >= 11 is 0. The third-order valence-electron chi connectivity index (χ3n) is 2.70. The molecular weight excluding hydrogens is 200 g/mol. The minimum absolute atomic E-state index is 0.647. The van der Waals surface area contributed by atoms with Crippen LogP contribution in [0.5, 0.6) is 0 Å². The number of hydrogen-bond acceptors (Lipinski definition) is 2. The van der Waals surface area contributed by atoms with Crippen LogP contribution in [0.15, 0.2) is 36.4 Å². The summed E-state index contributed by atoms with van der Waals surface area (Å²) in [6.07, 6.45) is 0. The molecule has 0 radical (unpaired) electrons. The molecule has 0 aliphatic rings. The van der Waals surface area contributed by atoms with Crippen molar-refractivity contribution in [3.8, 4) is 0 Å². The second-order valence-corrected chi connectivity index (χ2v) is 3.80. The largest absolute Gasteiger partial charge is 0.380 e. The Morgan fingerprint density at radius 2 is 1.19 bits per heavy atom. The van der Waals surface area contributed by atoms with E-state index in [1.54, 1.807) is 14.2 Å². The first kappa shape index (κ1) is 11.1. The van der Waals surface area contributed by atoms with Crippen LogP contribution in [0.1, 0.15) is 11.1 Å². The number of hydrogen-bond donors (Lipinski definition) is 0. The van der Waals surface area contributed by atoms with Crippen molar-refractivity contribution >= 4 is 10.8 Å². The molecule has 2 aromatic rings. The Bertz CT molecular complexity index is 432. The van der Waals surface area contributed by atoms with E-state index >= 15 is 0 Å². The fraction of sp³-hybridized carbons (Fsp3) is 0.286. The third-order valence-corrected chi connectivity index (χ3v) is 2.70. The molecule has 0 bridgehead atoms. The molecule has 0 spiro atoms. The van der Waals surface area contributed by atoms with Crippen LogP contribution in [0.4, 0.5) is 0 Å². The monoisotopic (exact) mass is 216 g/mol. The van der Waals surface area contributed by atoms with Gasteiger partial charge in [-0.25, -0.2) is 0 Å². The summed E-state index contributed by atoms with van der Waals surface area (Å²) in [6.45, 7) is 1.29. The minimum Gasteiger partial charge on any atom is -0.380 e. The fourth-order valence-corrected chi connectivity index (χ4v) is 2.00. The van der Waals surface area contributed by atoms with Crippen molar-refractivity contribution in [1.82, 2.24) is 0 Å². The zero-order valence-electron chi connectivity index (χ0n) is 9.69. The fourth-order valence-electron chi connectivity index (χ4n) is 2.00. The Morgan fingerprint density at radius 3 is 1.56 bits per heavy atom. The van der Waals surface area contributed by atoms with E-state index in [-0.39, 0.29) is 0 Å². The van der Waals surface area contributed by atoms with Crippen LogP contribution in [0.3, 0.4) is 0 Å². The second-order valence-electron chi connectivity index (χ2n) is 3.80. The van der Waals surface area contributed by atoms with Gasteiger partial charge in [0.1, 0.15) is 0 Å². The molecule has 0 atom stereocenters. The maximum absolute atomic E-state index is 5.20. The van der Waals surface area contributed by atoms with E-state index in [4.69, 9.17) is 9.47 Å². The molecule has 2 aromatic carbocycles. The highest BCUT2D eigenvalue weighted by molar-refractivity contribution is 5.88. The normalized spacial score (nSPS) is 10.9. The highest BCUT2D eigenvalue weighted by Gasteiger charge is 2.04. The van der Waals surface area contributed by atoms with Crippen molar-refractivity contribution in [3.05, 3.63) is 47.5 Å². The Morgan fingerprint density at radius 1 is 0.750 bits per heavy atom. The van der Waals surface area contributed by atoms with E-state index in [1.807, 2.05) is 0 Å². The average Bonchev–Trinajstić information content (AvgIpc) is 2.31. The van der Waals surface area contributed by atoms with Gasteiger partial charge in [-0.3, -0.25) is 0 Å². The van der Waals surface area contributed by atoms with Crippen molar-refractivity contribution in [2.75, 3.05) is 14.2 Å². The van der Waals surface area contributed by atoms with Gasteiger partial charge >= 0.3 is 0 Å². The zero-order chi connectivity index (χ0) is 11.4. The molecule has 0 aliphatic heterocycles. The summed E-state index contributed by atoms with van der Waals surface area (Å²) in [5, 5.41) is 2.50. The van der Waals surface area contributed by atoms with Crippen LogP contribution in [0, 0.1) is 0 Å². The first-order valence-electron chi connectivity index (χ1n) is 5.34. The molecular formula is C14H16O2. The van der Waals surface area contributed by atoms with Crippen molar-refractivity contribution in [1.29, 1.82) is 0 Å². The molecule has 0 aromatic heterocycles. The molecule has 2 heteroatoms. The second kappa shape index (κ2) is 5.10. The van der Waals surface area contributed by atoms with Gasteiger partial charge in [0.2, 0.25) is 0 Å². The highest BCUT2D eigenvalue weighted by Crippen LogP contribution is 2.23. The molecule has 84 valence electrons. The van der Waals surface area contributed by atoms with Gasteiger partial charge in [-0.2, -0.15) is 0 Å². The van der Waals surface area contributed by atoms with Crippen LogP contribution in [-0.2, 0) is 22.7 Å². The lowest BCUT2D eigenvalue weighted by Gasteiger charge is -2.09. The lowest BCUT2D eigenvalue weighted by atomic mass is 10.0. The van der Waals surface area contributed by atoms with Gasteiger partial charge in [-0.15, -0.1) is 0 Å². The molecule has 2 nitrogen and oxygen atoms in total. The van der Waals surface area contributed by atoms with Gasteiger partial charge in [-0.05, 0) is 21.9 Å². The Hall–Kier alpha value is -1.38. The summed E-state index contributed by atoms with van der Waals surface area (Å²) in [6, 6.07) is 12.6. The topological polar surface area (TPSA) is 18.5 Å². The van der Waals surface area contributed by atoms with E-state index in [0.29, 0.717) is 13.2 Å². The van der Waals surface area contributed by atoms with Crippen molar-refractivity contribution in [2.24, 2.45) is 0 Å². The highest BCUT2D eigenvalue weighted by atomic mass is 16.5. The van der Waals surface area contributed by atoms with Crippen molar-refractivity contribution in [2.45, 2.75) is 13.2 Å². The van der Waals surface area contributed by atoms with E-state index in [2.05, 4.69) is 36.4 Å². The van der Waals surface area contributed by atoms with Crippen LogP contribution in [0.25, 0.3) is 10.8 Å². The van der Waals surface area contributed by atoms with Gasteiger partial charge in [0.15, 0.2) is 0 Å². The van der Waals surface area contributed by atoms with Crippen LogP contribution >= 0.6 is 0 Å². The number of fused-ring (bicyclic) bond motifs is 1. The summed E-state index contributed by atoms with van der Waals surface area (Å²) in [4.78, 5) is 0. The van der Waals surface area contributed by atoms with Crippen LogP contribution < -0.4 is 0 Å². The minimum atomic E-state index is 0.647. The molecule has 0 aliphatic carbocycles. The lowest BCUT2D eigenvalue weighted by Crippen LogP contribution is -1.93. The smallest absolute Gasteiger partial charge is 0.0719 e. The molecule has 0 heterocycles. The maximum atomic E-state index is 5.20. The molecule has 2 rings (SSSR count). The molecule has 0 fully saturated rings. The van der Waals surface area contributed by atoms with E-state index < -0.39 is 0 Å². The lowest BCUT2D eigenvalue weighted by molar-refractivity contribution is 0.185. The quantitative estimate of drug-likeness (QED) is 0.781. The Balaban J connectivity index is 2.57. The zero-order valence-corrected chi connectivity index (χ0v) is 9.69. The Labute approximate surface area is 95.8 Å². The van der Waals surface area contributed by atoms with E-state index in [1.165, 1.54) is 21.9 Å². The van der Waals surface area contributed by atoms with Gasteiger partial charge in [0, 0.05) is 14.2 Å². The van der Waals surface area contributed by atoms with Gasteiger partial charge < -0.3 is 9.47 Å². The van der Waals surface area contributed by atoms with Crippen molar-refractivity contribution in [3.63, 3.8) is 0 Å². The number of methoxy groups -OCH3 is 2. The standard InChI is InChI=1S/C14H16O2/c1-15-9-11-5-3-8-14-12(10-16-2)6-4-7-13(11)14/h3-8H,9-10H2,1-2H3. The number of benzene rings is 2. The molecule has 0 amide bonds. The summed E-state index contributed by atoms with van der Waals surface area (Å²) in [7, 11) is 3.44. The molecule has 0 unspecified atom stereocenters. The third kappa shape index (κ3) is 2.08. The number of ether oxygens (including phenoxy) is 2. The predicted octanol–water partition coefficient (Wildman–Crippen LogP) is 3.13. The predicted molar refractivity (Wildman–Crippen MR) is 65.4 cm³/mol. The molecule has 0 saturated heterocycles. The first-order valence-corrected chi connectivity index (χ1v) is 5.34. The summed E-state index contributed by atoms with van der Waals surface area (Å²) in [5.74, 6) is 0. The molecule has 0 saturated carbocycles. The number of rotatable bonds is 4. The Kier molecular flexibility index (Phi) is 3.54. The van der Waals surface area contributed by atoms with Gasteiger partial charge in [-0.1, -0.05) is 36.4 Å². The molecule has 0 N–H and O–H groups in total. The molecule has 16 heavy (non-hydrogen) atoms. The summed E-state index contributed by atoms with van der Waals surface area (Å²) in [5.41, 5.74) is 2.44. The maximum Gasteiger partial charge on any atom is 0.0719 e. The SMILES string of the molecule is COCc1cccc2c(COC)cccc12. The van der Waals surface area contributed by atoms with Crippen molar-refractivity contribution < 1.29 is 9.47 Å². The van der Waals surface area contributed by atoms with E-state index in [0.717, 1.165) is 0 Å². The van der Waals surface area contributed by atoms with Gasteiger partial charge in [0.05, 0.1) is 13.2 Å². The van der Waals surface area contributed by atoms with Gasteiger partial charge in [0.25, 0.3) is 0 Å². The summed E-state index contributed by atoms with van der Waals surface area (Å²) < 4.78 is 10.4. The van der Waals surface area contributed by atoms with E-state index in [9.17, 15) is 0 Å². The first-order chi connectivity index (χ1) is 7.86.